The maximum atomic E-state index is 13.0. The molecule has 1 aromatic rings. The lowest BCUT2D eigenvalue weighted by atomic mass is 9.67. The zero-order valence-electron chi connectivity index (χ0n) is 24.0. The number of thioether (sulfide) groups is 1. The highest BCUT2D eigenvalue weighted by Gasteiger charge is 2.49. The monoisotopic (exact) mass is 592 g/mol. The number of aliphatic imine (C=N–C) groups is 1. The molecule has 11 nitrogen and oxygen atoms in total. The number of non-ortho nitro benzene ring substituents is 1. The Morgan fingerprint density at radius 3 is 2.52 bits per heavy atom. The van der Waals surface area contributed by atoms with Crippen molar-refractivity contribution in [3.63, 3.8) is 0 Å². The van der Waals surface area contributed by atoms with Gasteiger partial charge in [0, 0.05) is 49.5 Å². The molecule has 2 amide bonds. The second-order valence-electron chi connectivity index (χ2n) is 11.7. The Morgan fingerprint density at radius 2 is 1.95 bits per heavy atom. The van der Waals surface area contributed by atoms with Gasteiger partial charge in [-0.2, -0.15) is 4.99 Å². The summed E-state index contributed by atoms with van der Waals surface area (Å²) in [7, 11) is -1.23. The number of nitrogens with one attached hydrogen (secondary N) is 1. The number of nitro groups is 1. The number of β-lactam (4-membered cyclic amide) rings is 1. The Kier molecular flexibility index (Phi) is 10.9. The van der Waals surface area contributed by atoms with Crippen LogP contribution in [0.1, 0.15) is 46.1 Å². The molecule has 13 heteroatoms. The van der Waals surface area contributed by atoms with Gasteiger partial charge < -0.3 is 19.4 Å². The minimum Gasteiger partial charge on any atom is -0.443 e. The third-order valence-electron chi connectivity index (χ3n) is 7.27. The fraction of sp³-hybridized carbons (Fsp3) is 0.630. The van der Waals surface area contributed by atoms with Crippen LogP contribution >= 0.6 is 11.8 Å². The number of ether oxygens (including phenoxy) is 1. The Bertz CT molecular complexity index is 1120. The standard InChI is InChI=1S/C27H40N4O7SSi/c1-17(28-26(34)37-15-18-7-9-19(10-8-18)31(35)36)30-12-11-20(14-30)39-23(32)13-22-24(25(33)29-22)21(27(2,3)4)16-38-40(5)6/h7-10,20-22,24,40H,11-16H2,1-6H3,(H,29,33)/t20-,21+,22+,24-/m0/s1. The van der Waals surface area contributed by atoms with E-state index in [-0.39, 0.29) is 58.3 Å². The van der Waals surface area contributed by atoms with Crippen LogP contribution < -0.4 is 5.32 Å². The zero-order valence-corrected chi connectivity index (χ0v) is 26.0. The van der Waals surface area contributed by atoms with Gasteiger partial charge in [0.15, 0.2) is 14.2 Å². The second kappa shape index (κ2) is 13.7. The molecule has 2 aliphatic rings. The Balaban J connectivity index is 1.46. The van der Waals surface area contributed by atoms with Gasteiger partial charge in [0.05, 0.1) is 10.8 Å². The molecule has 2 saturated heterocycles. The predicted molar refractivity (Wildman–Crippen MR) is 157 cm³/mol. The maximum absolute atomic E-state index is 13.0. The van der Waals surface area contributed by atoms with Gasteiger partial charge in [-0.25, -0.2) is 4.79 Å². The molecule has 4 atom stereocenters. The topological polar surface area (TPSA) is 140 Å². The molecule has 1 aromatic carbocycles. The van der Waals surface area contributed by atoms with Gasteiger partial charge in [-0.3, -0.25) is 19.7 Å². The maximum Gasteiger partial charge on any atom is 0.435 e. The number of hydrogen-bond donors (Lipinski definition) is 1. The average Bonchev–Trinajstić information content (AvgIpc) is 3.32. The third-order valence-corrected chi connectivity index (χ3v) is 9.28. The number of carbonyl (C=O) groups is 3. The first-order valence-corrected chi connectivity index (χ1v) is 17.2. The smallest absolute Gasteiger partial charge is 0.435 e. The molecule has 0 unspecified atom stereocenters. The summed E-state index contributed by atoms with van der Waals surface area (Å²) in [6, 6.07) is 5.59. The van der Waals surface area contributed by atoms with Crippen LogP contribution in [0.3, 0.4) is 0 Å². The Hall–Kier alpha value is -2.77. The first kappa shape index (κ1) is 31.8. The summed E-state index contributed by atoms with van der Waals surface area (Å²) < 4.78 is 11.2. The molecular formula is C27H40N4O7SSi. The number of carbonyl (C=O) groups excluding carboxylic acids is 3. The van der Waals surface area contributed by atoms with Crippen molar-refractivity contribution in [3.05, 3.63) is 39.9 Å². The van der Waals surface area contributed by atoms with E-state index in [1.807, 2.05) is 4.90 Å². The van der Waals surface area contributed by atoms with Gasteiger partial charge >= 0.3 is 6.09 Å². The van der Waals surface area contributed by atoms with E-state index in [1.165, 1.54) is 36.0 Å². The molecule has 2 fully saturated rings. The molecule has 2 aliphatic heterocycles. The average molecular weight is 593 g/mol. The zero-order chi connectivity index (χ0) is 29.6. The number of amides is 2. The highest BCUT2D eigenvalue weighted by Crippen LogP contribution is 2.39. The van der Waals surface area contributed by atoms with E-state index in [9.17, 15) is 24.5 Å². The minimum atomic E-state index is -1.23. The number of likely N-dealkylation sites (tertiary alicyclic amines) is 1. The number of benzene rings is 1. The fourth-order valence-electron chi connectivity index (χ4n) is 4.91. The molecule has 0 bridgehead atoms. The van der Waals surface area contributed by atoms with Crippen LogP contribution in [-0.4, -0.2) is 72.8 Å². The summed E-state index contributed by atoms with van der Waals surface area (Å²) in [6.45, 7) is 14.0. The first-order chi connectivity index (χ1) is 18.7. The van der Waals surface area contributed by atoms with Gasteiger partial charge in [-0.1, -0.05) is 32.5 Å². The molecule has 0 aromatic heterocycles. The van der Waals surface area contributed by atoms with Crippen molar-refractivity contribution in [1.29, 1.82) is 0 Å². The largest absolute Gasteiger partial charge is 0.443 e. The minimum absolute atomic E-state index is 0.00362. The highest BCUT2D eigenvalue weighted by molar-refractivity contribution is 8.14. The van der Waals surface area contributed by atoms with E-state index in [1.54, 1.807) is 6.92 Å². The van der Waals surface area contributed by atoms with E-state index >= 15 is 0 Å². The summed E-state index contributed by atoms with van der Waals surface area (Å²) in [5.74, 6) is 0.317. The Morgan fingerprint density at radius 1 is 1.27 bits per heavy atom. The summed E-state index contributed by atoms with van der Waals surface area (Å²) in [6.07, 6.45) is 0.317. The van der Waals surface area contributed by atoms with Crippen LogP contribution in [-0.2, 0) is 25.4 Å². The van der Waals surface area contributed by atoms with Gasteiger partial charge in [0.2, 0.25) is 5.91 Å². The van der Waals surface area contributed by atoms with Gasteiger partial charge in [-0.15, -0.1) is 0 Å². The van der Waals surface area contributed by atoms with Crippen LogP contribution in [0, 0.1) is 27.4 Å². The summed E-state index contributed by atoms with van der Waals surface area (Å²) in [4.78, 5) is 53.9. The van der Waals surface area contributed by atoms with Crippen molar-refractivity contribution < 1.29 is 28.5 Å². The van der Waals surface area contributed by atoms with E-state index in [2.05, 4.69) is 44.2 Å². The van der Waals surface area contributed by atoms with Crippen LogP contribution in [0.4, 0.5) is 10.5 Å². The number of amidine groups is 1. The van der Waals surface area contributed by atoms with Crippen LogP contribution in [0.2, 0.25) is 13.1 Å². The fourth-order valence-corrected chi connectivity index (χ4v) is 6.63. The number of hydrogen-bond acceptors (Lipinski definition) is 8. The van der Waals surface area contributed by atoms with Crippen molar-refractivity contribution >= 4 is 49.4 Å². The third kappa shape index (κ3) is 8.87. The molecular weight excluding hydrogens is 552 g/mol. The number of nitro benzene ring substituents is 1. The quantitative estimate of drug-likeness (QED) is 0.106. The van der Waals surface area contributed by atoms with Crippen molar-refractivity contribution in [3.8, 4) is 0 Å². The van der Waals surface area contributed by atoms with Gasteiger partial charge in [0.25, 0.3) is 5.69 Å². The lowest BCUT2D eigenvalue weighted by Crippen LogP contribution is -2.63. The summed E-state index contributed by atoms with van der Waals surface area (Å²) in [5, 5.41) is 13.8. The summed E-state index contributed by atoms with van der Waals surface area (Å²) >= 11 is 1.30. The number of nitrogens with zero attached hydrogens (tertiary/aromatic N) is 3. The van der Waals surface area contributed by atoms with Crippen LogP contribution in [0.15, 0.2) is 29.3 Å². The SMILES string of the molecule is CC(=NC(=O)OCc1ccc([N+](=O)[O-])cc1)N1CC[C@H](SC(=O)C[C@H]2NC(=O)[C@H]2[C@@H](CO[SiH](C)C)C(C)(C)C)C1. The molecule has 220 valence electrons. The first-order valence-electron chi connectivity index (χ1n) is 13.6. The van der Waals surface area contributed by atoms with Gasteiger partial charge in [0.1, 0.15) is 12.4 Å². The predicted octanol–water partition coefficient (Wildman–Crippen LogP) is 4.15. The highest BCUT2D eigenvalue weighted by atomic mass is 32.2. The van der Waals surface area contributed by atoms with E-state index in [0.717, 1.165) is 6.42 Å². The van der Waals surface area contributed by atoms with Crippen LogP contribution in [0.5, 0.6) is 0 Å². The number of rotatable bonds is 10. The molecule has 2 heterocycles. The lowest BCUT2D eigenvalue weighted by molar-refractivity contribution is -0.384. The van der Waals surface area contributed by atoms with E-state index in [0.29, 0.717) is 31.1 Å². The normalized spacial score (nSPS) is 22.1. The second-order valence-corrected chi connectivity index (χ2v) is 15.5. The summed E-state index contributed by atoms with van der Waals surface area (Å²) in [5.41, 5.74) is 0.468. The molecule has 0 saturated carbocycles. The molecule has 1 N–H and O–H groups in total. The van der Waals surface area contributed by atoms with E-state index in [4.69, 9.17) is 9.16 Å². The lowest BCUT2D eigenvalue weighted by Gasteiger charge is -2.46. The molecule has 40 heavy (non-hydrogen) atoms. The van der Waals surface area contributed by atoms with Crippen LogP contribution in [0.25, 0.3) is 0 Å². The van der Waals surface area contributed by atoms with Gasteiger partial charge in [-0.05, 0) is 55.5 Å². The molecule has 3 rings (SSSR count). The van der Waals surface area contributed by atoms with Crippen molar-refractivity contribution in [1.82, 2.24) is 10.2 Å². The van der Waals surface area contributed by atoms with E-state index < -0.39 is 20.1 Å². The van der Waals surface area contributed by atoms with Crippen molar-refractivity contribution in [2.45, 2.75) is 71.5 Å². The molecule has 0 spiro atoms. The van der Waals surface area contributed by atoms with Crippen molar-refractivity contribution in [2.24, 2.45) is 22.2 Å². The Labute approximate surface area is 241 Å². The molecule has 0 radical (unpaired) electrons. The molecule has 0 aliphatic carbocycles. The van der Waals surface area contributed by atoms with Crippen molar-refractivity contribution in [2.75, 3.05) is 19.7 Å².